The number of carbonyl (C=O) groups excluding carboxylic acids is 1. The molecule has 2 nitrogen and oxygen atoms in total. The molecule has 1 amide bonds. The second-order valence-electron chi connectivity index (χ2n) is 5.43. The van der Waals surface area contributed by atoms with Gasteiger partial charge >= 0.3 is 0 Å². The van der Waals surface area contributed by atoms with Crippen molar-refractivity contribution in [2.75, 3.05) is 12.4 Å². The van der Waals surface area contributed by atoms with E-state index in [1.54, 1.807) is 0 Å². The maximum atomic E-state index is 11.9. The van der Waals surface area contributed by atoms with E-state index in [2.05, 4.69) is 37.4 Å². The number of hydrogen-bond donors (Lipinski definition) is 1. The summed E-state index contributed by atoms with van der Waals surface area (Å²) in [5.41, 5.74) is 2.47. The first kappa shape index (κ1) is 17.0. The van der Waals surface area contributed by atoms with Crippen molar-refractivity contribution in [3.05, 3.63) is 35.4 Å². The molecule has 0 fully saturated rings. The lowest BCUT2D eigenvalue weighted by Gasteiger charge is -2.15. The monoisotopic (exact) mass is 295 g/mol. The van der Waals surface area contributed by atoms with E-state index < -0.39 is 0 Å². The fourth-order valence-corrected chi connectivity index (χ4v) is 2.69. The van der Waals surface area contributed by atoms with Crippen molar-refractivity contribution >= 4 is 17.5 Å². The maximum Gasteiger partial charge on any atom is 0.220 e. The van der Waals surface area contributed by atoms with Gasteiger partial charge in [-0.1, -0.05) is 43.2 Å². The van der Waals surface area contributed by atoms with Crippen LogP contribution in [0, 0.1) is 12.8 Å². The molecule has 1 atom stereocenters. The largest absolute Gasteiger partial charge is 0.356 e. The van der Waals surface area contributed by atoms with Crippen molar-refractivity contribution in [2.24, 2.45) is 5.92 Å². The lowest BCUT2D eigenvalue weighted by atomic mass is 10.0. The molecule has 1 rings (SSSR count). The van der Waals surface area contributed by atoms with Crippen molar-refractivity contribution in [2.45, 2.75) is 46.0 Å². The first-order chi connectivity index (χ1) is 9.65. The standard InChI is InChI=1S/C17H26ClNO/c1-3-5-16(10-11-18)13-19-17(20)9-8-15-7-4-6-14(2)12-15/h4,6-7,12,16H,3,5,8-11,13H2,1-2H3,(H,19,20). The topological polar surface area (TPSA) is 29.1 Å². The van der Waals surface area contributed by atoms with Crippen LogP contribution in [-0.4, -0.2) is 18.3 Å². The van der Waals surface area contributed by atoms with Crippen molar-refractivity contribution in [1.82, 2.24) is 5.32 Å². The minimum absolute atomic E-state index is 0.141. The lowest BCUT2D eigenvalue weighted by molar-refractivity contribution is -0.121. The Morgan fingerprint density at radius 1 is 1.35 bits per heavy atom. The summed E-state index contributed by atoms with van der Waals surface area (Å²) < 4.78 is 0. The molecule has 20 heavy (non-hydrogen) atoms. The molecule has 1 unspecified atom stereocenters. The number of nitrogens with one attached hydrogen (secondary N) is 1. The molecule has 0 aliphatic rings. The number of aryl methyl sites for hydroxylation is 2. The lowest BCUT2D eigenvalue weighted by Crippen LogP contribution is -2.29. The molecule has 0 saturated carbocycles. The van der Waals surface area contributed by atoms with Crippen LogP contribution in [0.4, 0.5) is 0 Å². The third-order valence-corrected chi connectivity index (χ3v) is 3.74. The Balaban J connectivity index is 2.29. The Bertz CT molecular complexity index is 400. The molecule has 1 aromatic carbocycles. The van der Waals surface area contributed by atoms with Crippen LogP contribution in [0.25, 0.3) is 0 Å². The minimum atomic E-state index is 0.141. The highest BCUT2D eigenvalue weighted by Crippen LogP contribution is 2.11. The maximum absolute atomic E-state index is 11.9. The van der Waals surface area contributed by atoms with Gasteiger partial charge in [-0.15, -0.1) is 11.6 Å². The van der Waals surface area contributed by atoms with Gasteiger partial charge in [0.15, 0.2) is 0 Å². The zero-order valence-corrected chi connectivity index (χ0v) is 13.4. The van der Waals surface area contributed by atoms with Crippen LogP contribution < -0.4 is 5.32 Å². The second kappa shape index (κ2) is 9.82. The van der Waals surface area contributed by atoms with Crippen LogP contribution in [0.15, 0.2) is 24.3 Å². The van der Waals surface area contributed by atoms with Gasteiger partial charge in [-0.2, -0.15) is 0 Å². The fraction of sp³-hybridized carbons (Fsp3) is 0.588. The summed E-state index contributed by atoms with van der Waals surface area (Å²) in [5, 5.41) is 3.04. The number of rotatable bonds is 9. The van der Waals surface area contributed by atoms with Crippen molar-refractivity contribution in [3.8, 4) is 0 Å². The number of halogens is 1. The molecule has 0 heterocycles. The van der Waals surface area contributed by atoms with Gasteiger partial charge in [-0.3, -0.25) is 4.79 Å². The first-order valence-corrected chi connectivity index (χ1v) is 8.07. The van der Waals surface area contributed by atoms with Gasteiger partial charge < -0.3 is 5.32 Å². The Labute approximate surface area is 127 Å². The summed E-state index contributed by atoms with van der Waals surface area (Å²) in [6, 6.07) is 8.33. The molecule has 0 saturated heterocycles. The molecule has 0 aliphatic carbocycles. The smallest absolute Gasteiger partial charge is 0.220 e. The number of benzene rings is 1. The zero-order chi connectivity index (χ0) is 14.8. The summed E-state index contributed by atoms with van der Waals surface area (Å²) in [6.07, 6.45) is 4.61. The van der Waals surface area contributed by atoms with Gasteiger partial charge in [0.25, 0.3) is 0 Å². The molecule has 0 aliphatic heterocycles. The quantitative estimate of drug-likeness (QED) is 0.683. The highest BCUT2D eigenvalue weighted by Gasteiger charge is 2.09. The molecule has 0 spiro atoms. The summed E-state index contributed by atoms with van der Waals surface area (Å²) in [4.78, 5) is 11.9. The zero-order valence-electron chi connectivity index (χ0n) is 12.6. The van der Waals surface area contributed by atoms with Crippen LogP contribution in [0.2, 0.25) is 0 Å². The van der Waals surface area contributed by atoms with E-state index in [4.69, 9.17) is 11.6 Å². The average molecular weight is 296 g/mol. The van der Waals surface area contributed by atoms with Gasteiger partial charge in [-0.05, 0) is 37.7 Å². The summed E-state index contributed by atoms with van der Waals surface area (Å²) in [6.45, 7) is 5.00. The normalized spacial score (nSPS) is 12.2. The van der Waals surface area contributed by atoms with E-state index in [1.807, 2.05) is 6.07 Å². The van der Waals surface area contributed by atoms with Crippen LogP contribution in [0.3, 0.4) is 0 Å². The predicted molar refractivity (Wildman–Crippen MR) is 86.2 cm³/mol. The Kier molecular flexibility index (Phi) is 8.36. The van der Waals surface area contributed by atoms with E-state index in [9.17, 15) is 4.79 Å². The van der Waals surface area contributed by atoms with Crippen molar-refractivity contribution < 1.29 is 4.79 Å². The number of hydrogen-bond acceptors (Lipinski definition) is 1. The second-order valence-corrected chi connectivity index (χ2v) is 5.80. The molecule has 0 aromatic heterocycles. The first-order valence-electron chi connectivity index (χ1n) is 7.54. The van der Waals surface area contributed by atoms with E-state index in [0.717, 1.165) is 32.2 Å². The van der Waals surface area contributed by atoms with Crippen molar-refractivity contribution in [1.29, 1.82) is 0 Å². The molecule has 1 N–H and O–H groups in total. The van der Waals surface area contributed by atoms with E-state index in [1.165, 1.54) is 11.1 Å². The van der Waals surface area contributed by atoms with E-state index in [0.29, 0.717) is 18.2 Å². The van der Waals surface area contributed by atoms with Gasteiger partial charge in [0.2, 0.25) is 5.91 Å². The molecular weight excluding hydrogens is 270 g/mol. The molecule has 112 valence electrons. The highest BCUT2D eigenvalue weighted by atomic mass is 35.5. The van der Waals surface area contributed by atoms with Gasteiger partial charge in [0.05, 0.1) is 0 Å². The third-order valence-electron chi connectivity index (χ3n) is 3.53. The number of amides is 1. The van der Waals surface area contributed by atoms with E-state index in [-0.39, 0.29) is 5.91 Å². The number of alkyl halides is 1. The SMILES string of the molecule is CCCC(CCCl)CNC(=O)CCc1cccc(C)c1. The van der Waals surface area contributed by atoms with Crippen LogP contribution in [-0.2, 0) is 11.2 Å². The van der Waals surface area contributed by atoms with Crippen LogP contribution in [0.1, 0.15) is 43.7 Å². The summed E-state index contributed by atoms with van der Waals surface area (Å²) in [5.74, 6) is 1.33. The third kappa shape index (κ3) is 6.95. The average Bonchev–Trinajstić information content (AvgIpc) is 2.43. The van der Waals surface area contributed by atoms with Crippen molar-refractivity contribution in [3.63, 3.8) is 0 Å². The molecular formula is C17H26ClNO. The Hall–Kier alpha value is -1.02. The molecule has 3 heteroatoms. The highest BCUT2D eigenvalue weighted by molar-refractivity contribution is 6.17. The Morgan fingerprint density at radius 3 is 2.80 bits per heavy atom. The molecule has 1 aromatic rings. The van der Waals surface area contributed by atoms with Crippen LogP contribution >= 0.6 is 11.6 Å². The van der Waals surface area contributed by atoms with Gasteiger partial charge in [0, 0.05) is 18.8 Å². The number of carbonyl (C=O) groups is 1. The Morgan fingerprint density at radius 2 is 2.15 bits per heavy atom. The molecule has 0 radical (unpaired) electrons. The van der Waals surface area contributed by atoms with Gasteiger partial charge in [0.1, 0.15) is 0 Å². The summed E-state index contributed by atoms with van der Waals surface area (Å²) in [7, 11) is 0. The van der Waals surface area contributed by atoms with E-state index >= 15 is 0 Å². The van der Waals surface area contributed by atoms with Gasteiger partial charge in [-0.25, -0.2) is 0 Å². The minimum Gasteiger partial charge on any atom is -0.356 e. The summed E-state index contributed by atoms with van der Waals surface area (Å²) >= 11 is 5.79. The molecule has 0 bridgehead atoms. The fourth-order valence-electron chi connectivity index (χ4n) is 2.38. The van der Waals surface area contributed by atoms with Crippen LogP contribution in [0.5, 0.6) is 0 Å². The predicted octanol–water partition coefficient (Wildman–Crippen LogP) is 4.09.